The molecule has 0 radical (unpaired) electrons. The first-order valence-corrected chi connectivity index (χ1v) is 8.09. The molecule has 0 saturated heterocycles. The SMILES string of the molecule is CCCCCCC[CH2][Hg]. The topological polar surface area (TPSA) is 0 Å². The van der Waals surface area contributed by atoms with Crippen LogP contribution in [0.5, 0.6) is 0 Å². The Hall–Kier alpha value is 0.935. The van der Waals surface area contributed by atoms with E-state index in [1.165, 1.54) is 38.5 Å². The van der Waals surface area contributed by atoms with Crippen LogP contribution in [0, 0.1) is 0 Å². The van der Waals surface area contributed by atoms with Gasteiger partial charge in [0.15, 0.2) is 0 Å². The van der Waals surface area contributed by atoms with Crippen LogP contribution in [-0.2, 0) is 26.1 Å². The quantitative estimate of drug-likeness (QED) is 0.521. The van der Waals surface area contributed by atoms with E-state index in [0.29, 0.717) is 0 Å². The summed E-state index contributed by atoms with van der Waals surface area (Å²) in [6.07, 6.45) is 8.82. The van der Waals surface area contributed by atoms with E-state index in [9.17, 15) is 0 Å². The van der Waals surface area contributed by atoms with Gasteiger partial charge < -0.3 is 0 Å². The number of hydrogen-bond donors (Lipinski definition) is 0. The molecule has 0 aliphatic rings. The summed E-state index contributed by atoms with van der Waals surface area (Å²) in [4.78, 5) is 0. The van der Waals surface area contributed by atoms with Gasteiger partial charge in [-0.15, -0.1) is 0 Å². The molecule has 0 aromatic rings. The fourth-order valence-corrected chi connectivity index (χ4v) is 2.33. The van der Waals surface area contributed by atoms with Crippen molar-refractivity contribution < 1.29 is 26.1 Å². The van der Waals surface area contributed by atoms with Crippen molar-refractivity contribution in [1.82, 2.24) is 0 Å². The first-order chi connectivity index (χ1) is 4.41. The Morgan fingerprint density at radius 3 is 2.00 bits per heavy atom. The van der Waals surface area contributed by atoms with Gasteiger partial charge in [0.1, 0.15) is 0 Å². The van der Waals surface area contributed by atoms with E-state index in [1.807, 2.05) is 0 Å². The summed E-state index contributed by atoms with van der Waals surface area (Å²) in [6, 6.07) is 0. The minimum absolute atomic E-state index is 1.07. The monoisotopic (exact) mass is 315 g/mol. The van der Waals surface area contributed by atoms with E-state index >= 15 is 0 Å². The molecule has 0 unspecified atom stereocenters. The Morgan fingerprint density at radius 2 is 1.44 bits per heavy atom. The van der Waals surface area contributed by atoms with Gasteiger partial charge in [0.05, 0.1) is 0 Å². The van der Waals surface area contributed by atoms with E-state index in [4.69, 9.17) is 0 Å². The van der Waals surface area contributed by atoms with Crippen molar-refractivity contribution in [2.45, 2.75) is 49.4 Å². The molecular weight excluding hydrogens is 297 g/mol. The molecule has 0 rings (SSSR count). The van der Waals surface area contributed by atoms with Crippen molar-refractivity contribution in [3.63, 3.8) is 0 Å². The molecule has 0 N–H and O–H groups in total. The minimum atomic E-state index is 1.07. The maximum atomic E-state index is 2.27. The predicted octanol–water partition coefficient (Wildman–Crippen LogP) is 3.31. The standard InChI is InChI=1S/C8H17.Hg/c1-3-5-7-8-6-4-2;/h1,3-8H2,2H3;. The Kier molecular flexibility index (Phi) is 9.86. The molecular formula is C8H17Hg. The molecule has 0 heterocycles. The van der Waals surface area contributed by atoms with Gasteiger partial charge in [-0.25, -0.2) is 0 Å². The summed E-state index contributed by atoms with van der Waals surface area (Å²) >= 11 is 1.07. The summed E-state index contributed by atoms with van der Waals surface area (Å²) in [5.41, 5.74) is 0. The second-order valence-electron chi connectivity index (χ2n) is 2.62. The first kappa shape index (κ1) is 9.94. The molecule has 0 spiro atoms. The summed E-state index contributed by atoms with van der Waals surface area (Å²) in [5.74, 6) is 0. The number of unbranched alkanes of at least 4 members (excludes halogenated alkanes) is 5. The van der Waals surface area contributed by atoms with Gasteiger partial charge >= 0.3 is 75.5 Å². The fourth-order valence-electron chi connectivity index (χ4n) is 0.957. The van der Waals surface area contributed by atoms with Crippen molar-refractivity contribution in [2.75, 3.05) is 0 Å². The van der Waals surface area contributed by atoms with Gasteiger partial charge in [0.25, 0.3) is 0 Å². The van der Waals surface area contributed by atoms with Crippen LogP contribution in [0.25, 0.3) is 0 Å². The second kappa shape index (κ2) is 8.94. The zero-order valence-electron chi connectivity index (χ0n) is 6.66. The third-order valence-corrected chi connectivity index (χ3v) is 3.55. The van der Waals surface area contributed by atoms with Gasteiger partial charge in [0.2, 0.25) is 0 Å². The maximum absolute atomic E-state index is 2.27. The van der Waals surface area contributed by atoms with Gasteiger partial charge in [-0.1, -0.05) is 0 Å². The molecule has 0 fully saturated rings. The summed E-state index contributed by atoms with van der Waals surface area (Å²) in [6.45, 7) is 2.27. The van der Waals surface area contributed by atoms with Gasteiger partial charge in [-0.2, -0.15) is 0 Å². The molecule has 0 aliphatic carbocycles. The molecule has 0 aromatic heterocycles. The number of rotatable bonds is 6. The first-order valence-electron chi connectivity index (χ1n) is 4.21. The van der Waals surface area contributed by atoms with Gasteiger partial charge in [0, 0.05) is 0 Å². The van der Waals surface area contributed by atoms with Crippen molar-refractivity contribution in [1.29, 1.82) is 0 Å². The van der Waals surface area contributed by atoms with Crippen LogP contribution in [0.3, 0.4) is 0 Å². The average molecular weight is 314 g/mol. The molecule has 0 aromatic carbocycles. The van der Waals surface area contributed by atoms with Crippen LogP contribution in [-0.4, -0.2) is 0 Å². The second-order valence-corrected chi connectivity index (χ2v) is 5.37. The van der Waals surface area contributed by atoms with E-state index < -0.39 is 0 Å². The third kappa shape index (κ3) is 8.94. The van der Waals surface area contributed by atoms with Crippen LogP contribution in [0.15, 0.2) is 0 Å². The van der Waals surface area contributed by atoms with E-state index in [2.05, 4.69) is 6.92 Å². The fraction of sp³-hybridized carbons (Fsp3) is 1.00. The van der Waals surface area contributed by atoms with Crippen LogP contribution in [0.4, 0.5) is 0 Å². The van der Waals surface area contributed by atoms with Crippen LogP contribution in [0.1, 0.15) is 45.4 Å². The van der Waals surface area contributed by atoms with E-state index in [1.54, 1.807) is 3.93 Å². The molecule has 0 bridgehead atoms. The summed E-state index contributed by atoms with van der Waals surface area (Å²) in [7, 11) is 0. The Labute approximate surface area is 75.4 Å². The number of hydrogen-bond acceptors (Lipinski definition) is 0. The van der Waals surface area contributed by atoms with Crippen molar-refractivity contribution in [3.8, 4) is 0 Å². The Morgan fingerprint density at radius 1 is 0.889 bits per heavy atom. The van der Waals surface area contributed by atoms with Crippen molar-refractivity contribution in [3.05, 3.63) is 0 Å². The van der Waals surface area contributed by atoms with E-state index in [0.717, 1.165) is 26.1 Å². The molecule has 9 heavy (non-hydrogen) atoms. The predicted molar refractivity (Wildman–Crippen MR) is 38.2 cm³/mol. The molecule has 0 nitrogen and oxygen atoms in total. The molecule has 51 valence electrons. The summed E-state index contributed by atoms with van der Waals surface area (Å²) < 4.78 is 1.56. The van der Waals surface area contributed by atoms with Crippen LogP contribution in [0.2, 0.25) is 3.93 Å². The van der Waals surface area contributed by atoms with Crippen LogP contribution >= 0.6 is 0 Å². The van der Waals surface area contributed by atoms with Crippen molar-refractivity contribution >= 4 is 0 Å². The normalized spacial score (nSPS) is 10.1. The molecule has 0 amide bonds. The molecule has 1 heteroatoms. The Bertz CT molecular complexity index is 37.8. The zero-order valence-corrected chi connectivity index (χ0v) is 12.2. The molecule has 0 aliphatic heterocycles. The summed E-state index contributed by atoms with van der Waals surface area (Å²) in [5, 5.41) is 0. The third-order valence-electron chi connectivity index (χ3n) is 1.60. The van der Waals surface area contributed by atoms with Gasteiger partial charge in [-0.05, 0) is 0 Å². The van der Waals surface area contributed by atoms with Gasteiger partial charge in [-0.3, -0.25) is 0 Å². The Balaban J connectivity index is 2.60. The van der Waals surface area contributed by atoms with Crippen molar-refractivity contribution in [2.24, 2.45) is 0 Å². The van der Waals surface area contributed by atoms with E-state index in [-0.39, 0.29) is 0 Å². The molecule has 0 atom stereocenters. The average Bonchev–Trinajstić information content (AvgIpc) is 1.89. The molecule has 0 saturated carbocycles. The zero-order chi connectivity index (χ0) is 6.95. The van der Waals surface area contributed by atoms with Crippen LogP contribution < -0.4 is 0 Å².